The van der Waals surface area contributed by atoms with E-state index in [1.807, 2.05) is 6.08 Å². The van der Waals surface area contributed by atoms with Crippen molar-refractivity contribution in [3.8, 4) is 0 Å². The van der Waals surface area contributed by atoms with Gasteiger partial charge in [0, 0.05) is 0 Å². The Morgan fingerprint density at radius 1 is 1.56 bits per heavy atom. The molecule has 0 aromatic carbocycles. The summed E-state index contributed by atoms with van der Waals surface area (Å²) in [6.45, 7) is 3.24. The van der Waals surface area contributed by atoms with Crippen LogP contribution in [0.1, 0.15) is 25.7 Å². The summed E-state index contributed by atoms with van der Waals surface area (Å²) in [6, 6.07) is 0. The predicted molar refractivity (Wildman–Crippen MR) is 58.1 cm³/mol. The second-order valence-electron chi connectivity index (χ2n) is 3.91. The quantitative estimate of drug-likeness (QED) is 0.511. The number of ether oxygens (including phenoxy) is 1. The number of hydrogen-bond acceptors (Lipinski definition) is 3. The highest BCUT2D eigenvalue weighted by Gasteiger charge is 2.39. The highest BCUT2D eigenvalue weighted by atomic mass is 16.6. The predicted octanol–water partition coefficient (Wildman–Crippen LogP) is 1.54. The minimum atomic E-state index is -1.07. The van der Waals surface area contributed by atoms with Crippen LogP contribution in [0.5, 0.6) is 0 Å². The highest BCUT2D eigenvalue weighted by molar-refractivity contribution is 5.76. The zero-order valence-electron chi connectivity index (χ0n) is 9.15. The third-order valence-corrected chi connectivity index (χ3v) is 2.48. The van der Waals surface area contributed by atoms with Gasteiger partial charge in [0.05, 0.1) is 0 Å². The first-order valence-electron chi connectivity index (χ1n) is 5.40. The van der Waals surface area contributed by atoms with Gasteiger partial charge < -0.3 is 15.2 Å². The minimum Gasteiger partial charge on any atom is -0.480 e. The Labute approximate surface area is 94.5 Å². The first kappa shape index (κ1) is 12.5. The lowest BCUT2D eigenvalue weighted by atomic mass is 10.2. The van der Waals surface area contributed by atoms with E-state index in [9.17, 15) is 9.59 Å². The van der Waals surface area contributed by atoms with Gasteiger partial charge in [0.2, 0.25) is 0 Å². The van der Waals surface area contributed by atoms with Crippen LogP contribution in [0.25, 0.3) is 0 Å². The number of rotatable bonds is 7. The van der Waals surface area contributed by atoms with Crippen molar-refractivity contribution in [2.24, 2.45) is 5.92 Å². The van der Waals surface area contributed by atoms with Gasteiger partial charge in [0.1, 0.15) is 12.6 Å². The van der Waals surface area contributed by atoms with Crippen LogP contribution in [0, 0.1) is 5.92 Å². The van der Waals surface area contributed by atoms with E-state index in [-0.39, 0.29) is 6.10 Å². The van der Waals surface area contributed by atoms with Gasteiger partial charge in [-0.1, -0.05) is 6.08 Å². The van der Waals surface area contributed by atoms with E-state index < -0.39 is 18.6 Å². The Morgan fingerprint density at radius 2 is 2.31 bits per heavy atom. The largest absolute Gasteiger partial charge is 0.480 e. The van der Waals surface area contributed by atoms with Crippen molar-refractivity contribution in [2.45, 2.75) is 31.8 Å². The smallest absolute Gasteiger partial charge is 0.407 e. The number of carboxylic acid groups (broad SMARTS) is 1. The lowest BCUT2D eigenvalue weighted by Crippen LogP contribution is -2.30. The van der Waals surface area contributed by atoms with E-state index in [4.69, 9.17) is 9.84 Å². The fourth-order valence-electron chi connectivity index (χ4n) is 1.52. The molecule has 1 amide bonds. The van der Waals surface area contributed by atoms with Crippen molar-refractivity contribution in [1.82, 2.24) is 5.32 Å². The Kier molecular flexibility index (Phi) is 4.82. The standard InChI is InChI=1S/C11H17NO4/c1-2-3-4-5-8-6-9(8)16-11(15)12-7-10(13)14/h2,8-9H,1,3-7H2,(H,12,15)(H,13,14)/t8?,9-/m1/s1. The molecule has 0 bridgehead atoms. The number of allylic oxidation sites excluding steroid dienone is 1. The van der Waals surface area contributed by atoms with Crippen LogP contribution in [-0.4, -0.2) is 29.8 Å². The third-order valence-electron chi connectivity index (χ3n) is 2.48. The summed E-state index contributed by atoms with van der Waals surface area (Å²) >= 11 is 0. The molecule has 1 unspecified atom stereocenters. The van der Waals surface area contributed by atoms with Gasteiger partial charge in [-0.2, -0.15) is 0 Å². The molecule has 0 radical (unpaired) electrons. The molecule has 1 rings (SSSR count). The monoisotopic (exact) mass is 227 g/mol. The molecule has 2 atom stereocenters. The Bertz CT molecular complexity index is 277. The molecule has 0 saturated heterocycles. The van der Waals surface area contributed by atoms with Gasteiger partial charge in [0.15, 0.2) is 0 Å². The number of amides is 1. The van der Waals surface area contributed by atoms with Crippen molar-refractivity contribution < 1.29 is 19.4 Å². The summed E-state index contributed by atoms with van der Waals surface area (Å²) in [5.74, 6) is -0.634. The maximum absolute atomic E-state index is 11.1. The fourth-order valence-corrected chi connectivity index (χ4v) is 1.52. The molecular weight excluding hydrogens is 210 g/mol. The van der Waals surface area contributed by atoms with Crippen LogP contribution in [0.2, 0.25) is 0 Å². The summed E-state index contributed by atoms with van der Waals surface area (Å²) in [6.07, 6.45) is 5.16. The van der Waals surface area contributed by atoms with Gasteiger partial charge >= 0.3 is 12.1 Å². The third kappa shape index (κ3) is 4.82. The number of carbonyl (C=O) groups excluding carboxylic acids is 1. The van der Waals surface area contributed by atoms with E-state index in [0.717, 1.165) is 25.7 Å². The fraction of sp³-hybridized carbons (Fsp3) is 0.636. The second-order valence-corrected chi connectivity index (χ2v) is 3.91. The SMILES string of the molecule is C=CCCCC1C[C@H]1OC(=O)NCC(=O)O. The zero-order chi connectivity index (χ0) is 12.0. The molecule has 2 N–H and O–H groups in total. The molecule has 0 spiro atoms. The van der Waals surface area contributed by atoms with Gasteiger partial charge in [-0.3, -0.25) is 4.79 Å². The van der Waals surface area contributed by atoms with Crippen molar-refractivity contribution in [2.75, 3.05) is 6.54 Å². The molecule has 5 nitrogen and oxygen atoms in total. The van der Waals surface area contributed by atoms with Crippen molar-refractivity contribution in [1.29, 1.82) is 0 Å². The number of hydrogen-bond donors (Lipinski definition) is 2. The number of carboxylic acids is 1. The van der Waals surface area contributed by atoms with Crippen LogP contribution in [0.3, 0.4) is 0 Å². The lowest BCUT2D eigenvalue weighted by molar-refractivity contribution is -0.135. The molecule has 16 heavy (non-hydrogen) atoms. The topological polar surface area (TPSA) is 75.6 Å². The maximum Gasteiger partial charge on any atom is 0.407 e. The first-order valence-corrected chi connectivity index (χ1v) is 5.40. The summed E-state index contributed by atoms with van der Waals surface area (Å²) < 4.78 is 5.02. The van der Waals surface area contributed by atoms with Gasteiger partial charge in [-0.05, 0) is 31.6 Å². The Hall–Kier alpha value is -1.52. The van der Waals surface area contributed by atoms with Gasteiger partial charge in [-0.15, -0.1) is 6.58 Å². The van der Waals surface area contributed by atoms with Crippen molar-refractivity contribution in [3.63, 3.8) is 0 Å². The molecule has 1 aliphatic rings. The molecule has 1 fully saturated rings. The van der Waals surface area contributed by atoms with Crippen LogP contribution >= 0.6 is 0 Å². The summed E-state index contributed by atoms with van der Waals surface area (Å²) in [7, 11) is 0. The normalized spacial score (nSPS) is 22.2. The molecule has 0 aliphatic heterocycles. The lowest BCUT2D eigenvalue weighted by Gasteiger charge is -2.04. The van der Waals surface area contributed by atoms with Gasteiger partial charge in [0.25, 0.3) is 0 Å². The summed E-state index contributed by atoms with van der Waals surface area (Å²) in [5.41, 5.74) is 0. The molecular formula is C11H17NO4. The molecule has 1 saturated carbocycles. The molecule has 0 aromatic rings. The highest BCUT2D eigenvalue weighted by Crippen LogP contribution is 2.37. The van der Waals surface area contributed by atoms with E-state index in [1.54, 1.807) is 0 Å². The zero-order valence-corrected chi connectivity index (χ0v) is 9.15. The van der Waals surface area contributed by atoms with E-state index in [2.05, 4.69) is 11.9 Å². The van der Waals surface area contributed by atoms with E-state index in [0.29, 0.717) is 5.92 Å². The Morgan fingerprint density at radius 3 is 2.94 bits per heavy atom. The van der Waals surface area contributed by atoms with Crippen LogP contribution in [0.15, 0.2) is 12.7 Å². The number of carbonyl (C=O) groups is 2. The minimum absolute atomic E-state index is 0.0291. The average molecular weight is 227 g/mol. The molecule has 5 heteroatoms. The summed E-state index contributed by atoms with van der Waals surface area (Å²) in [4.78, 5) is 21.2. The van der Waals surface area contributed by atoms with Crippen LogP contribution in [-0.2, 0) is 9.53 Å². The van der Waals surface area contributed by atoms with Crippen molar-refractivity contribution in [3.05, 3.63) is 12.7 Å². The number of unbranched alkanes of at least 4 members (excludes halogenated alkanes) is 1. The van der Waals surface area contributed by atoms with Gasteiger partial charge in [-0.25, -0.2) is 4.79 Å². The second kappa shape index (κ2) is 6.15. The molecule has 0 heterocycles. The molecule has 90 valence electrons. The number of alkyl carbamates (subject to hydrolysis) is 1. The average Bonchev–Trinajstić information content (AvgIpc) is 2.94. The van der Waals surface area contributed by atoms with Crippen LogP contribution in [0.4, 0.5) is 4.79 Å². The molecule has 0 aromatic heterocycles. The molecule has 1 aliphatic carbocycles. The van der Waals surface area contributed by atoms with E-state index >= 15 is 0 Å². The van der Waals surface area contributed by atoms with Crippen LogP contribution < -0.4 is 5.32 Å². The number of nitrogens with one attached hydrogen (secondary N) is 1. The Balaban J connectivity index is 2.04. The number of aliphatic carboxylic acids is 1. The summed E-state index contributed by atoms with van der Waals surface area (Å²) in [5, 5.41) is 10.5. The first-order chi connectivity index (χ1) is 7.63. The van der Waals surface area contributed by atoms with Crippen molar-refractivity contribution >= 4 is 12.1 Å². The van der Waals surface area contributed by atoms with E-state index in [1.165, 1.54) is 0 Å². The maximum atomic E-state index is 11.1.